The van der Waals surface area contributed by atoms with Crippen molar-refractivity contribution in [1.29, 1.82) is 0 Å². The number of anilines is 2. The summed E-state index contributed by atoms with van der Waals surface area (Å²) in [6.45, 7) is 1.99. The minimum atomic E-state index is -0.222. The molecule has 4 aliphatic carbocycles. The van der Waals surface area contributed by atoms with Crippen LogP contribution in [-0.2, 0) is 9.59 Å². The molecule has 0 radical (unpaired) electrons. The van der Waals surface area contributed by atoms with Crippen LogP contribution in [0.4, 0.5) is 11.4 Å². The first-order valence-electron chi connectivity index (χ1n) is 10.6. The third-order valence-corrected chi connectivity index (χ3v) is 7.36. The van der Waals surface area contributed by atoms with Crippen molar-refractivity contribution in [2.45, 2.75) is 13.3 Å². The van der Waals surface area contributed by atoms with Crippen LogP contribution in [0.15, 0.2) is 60.7 Å². The van der Waals surface area contributed by atoms with Crippen molar-refractivity contribution in [3.05, 3.63) is 71.8 Å². The van der Waals surface area contributed by atoms with Gasteiger partial charge in [-0.2, -0.15) is 0 Å². The van der Waals surface area contributed by atoms with E-state index in [1.807, 2.05) is 31.2 Å². The van der Waals surface area contributed by atoms with E-state index in [4.69, 9.17) is 0 Å². The van der Waals surface area contributed by atoms with E-state index in [9.17, 15) is 14.4 Å². The molecule has 1 heterocycles. The molecule has 2 saturated carbocycles. The fourth-order valence-corrected chi connectivity index (χ4v) is 5.81. The summed E-state index contributed by atoms with van der Waals surface area (Å²) in [4.78, 5) is 40.3. The molecule has 2 bridgehead atoms. The van der Waals surface area contributed by atoms with Crippen molar-refractivity contribution >= 4 is 29.1 Å². The second-order valence-corrected chi connectivity index (χ2v) is 9.03. The standard InChI is InChI=1S/C25H22N2O3/c1-13-2-6-15(7-3-13)26-23(28)14-4-8-16(9-5-14)27-24(29)21-17-10-11-18(20-12-19(17)20)22(21)25(27)30/h2-11,17-22H,12H2,1H3,(H,26,28)/t17-,18-,19-,20-,21+,22+/m0/s1. The van der Waals surface area contributed by atoms with Gasteiger partial charge in [0.05, 0.1) is 17.5 Å². The van der Waals surface area contributed by atoms with Gasteiger partial charge in [0, 0.05) is 11.3 Å². The molecular weight excluding hydrogens is 376 g/mol. The van der Waals surface area contributed by atoms with Crippen LogP contribution in [0, 0.1) is 42.4 Å². The predicted molar refractivity (Wildman–Crippen MR) is 113 cm³/mol. The zero-order valence-electron chi connectivity index (χ0n) is 16.6. The Morgan fingerprint density at radius 3 is 2.00 bits per heavy atom. The van der Waals surface area contributed by atoms with Gasteiger partial charge in [-0.25, -0.2) is 0 Å². The van der Waals surface area contributed by atoms with Crippen LogP contribution in [0.2, 0.25) is 0 Å². The molecule has 1 N–H and O–H groups in total. The van der Waals surface area contributed by atoms with Crippen LogP contribution < -0.4 is 10.2 Å². The largest absolute Gasteiger partial charge is 0.322 e. The van der Waals surface area contributed by atoms with E-state index in [0.29, 0.717) is 23.1 Å². The summed E-state index contributed by atoms with van der Waals surface area (Å²) < 4.78 is 0. The van der Waals surface area contributed by atoms with E-state index in [2.05, 4.69) is 17.5 Å². The highest BCUT2D eigenvalue weighted by atomic mass is 16.2. The SMILES string of the molecule is Cc1ccc(NC(=O)c2ccc(N3C(=O)[C@@H]4[C@H]5C=C[C@@H]([C@@H]6C[C@@H]56)[C@H]4C3=O)cc2)cc1. The van der Waals surface area contributed by atoms with Crippen LogP contribution >= 0.6 is 0 Å². The maximum absolute atomic E-state index is 13.2. The summed E-state index contributed by atoms with van der Waals surface area (Å²) >= 11 is 0. The van der Waals surface area contributed by atoms with Gasteiger partial charge in [0.1, 0.15) is 0 Å². The van der Waals surface area contributed by atoms with E-state index in [1.54, 1.807) is 24.3 Å². The van der Waals surface area contributed by atoms with Crippen LogP contribution in [0.1, 0.15) is 22.3 Å². The van der Waals surface area contributed by atoms with Gasteiger partial charge < -0.3 is 5.32 Å². The molecule has 150 valence electrons. The molecule has 1 aliphatic heterocycles. The molecule has 3 fully saturated rings. The average molecular weight is 398 g/mol. The molecule has 0 aromatic heterocycles. The highest BCUT2D eigenvalue weighted by molar-refractivity contribution is 6.22. The number of benzene rings is 2. The van der Waals surface area contributed by atoms with Gasteiger partial charge in [0.25, 0.3) is 5.91 Å². The van der Waals surface area contributed by atoms with Gasteiger partial charge in [-0.05, 0) is 73.4 Å². The van der Waals surface area contributed by atoms with E-state index < -0.39 is 0 Å². The lowest BCUT2D eigenvalue weighted by Gasteiger charge is -2.37. The number of hydrogen-bond donors (Lipinski definition) is 1. The van der Waals surface area contributed by atoms with E-state index in [0.717, 1.165) is 17.7 Å². The Bertz CT molecular complexity index is 1070. The predicted octanol–water partition coefficient (Wildman–Crippen LogP) is 3.80. The maximum Gasteiger partial charge on any atom is 0.255 e. The normalized spacial score (nSPS) is 32.8. The van der Waals surface area contributed by atoms with Crippen LogP contribution in [-0.4, -0.2) is 17.7 Å². The summed E-state index contributed by atoms with van der Waals surface area (Å²) in [5.41, 5.74) is 2.89. The zero-order chi connectivity index (χ0) is 20.6. The first-order chi connectivity index (χ1) is 14.5. The third-order valence-electron chi connectivity index (χ3n) is 7.36. The molecule has 0 unspecified atom stereocenters. The molecule has 5 heteroatoms. The smallest absolute Gasteiger partial charge is 0.255 e. The summed E-state index contributed by atoms with van der Waals surface area (Å²) in [7, 11) is 0. The topological polar surface area (TPSA) is 66.5 Å². The lowest BCUT2D eigenvalue weighted by molar-refractivity contribution is -0.124. The second kappa shape index (κ2) is 6.14. The minimum Gasteiger partial charge on any atom is -0.322 e. The van der Waals surface area contributed by atoms with Gasteiger partial charge in [-0.3, -0.25) is 19.3 Å². The number of rotatable bonds is 3. The summed E-state index contributed by atoms with van der Waals surface area (Å²) in [5, 5.41) is 2.87. The first-order valence-corrected chi connectivity index (χ1v) is 10.6. The highest BCUT2D eigenvalue weighted by Crippen LogP contribution is 2.65. The average Bonchev–Trinajstić information content (AvgIpc) is 3.53. The third kappa shape index (κ3) is 2.44. The van der Waals surface area contributed by atoms with Gasteiger partial charge in [0.15, 0.2) is 0 Å². The zero-order valence-corrected chi connectivity index (χ0v) is 16.6. The van der Waals surface area contributed by atoms with Crippen molar-refractivity contribution in [1.82, 2.24) is 0 Å². The number of amides is 3. The number of hydrogen-bond acceptors (Lipinski definition) is 3. The van der Waals surface area contributed by atoms with Crippen LogP contribution in [0.25, 0.3) is 0 Å². The number of carbonyl (C=O) groups excluding carboxylic acids is 3. The lowest BCUT2D eigenvalue weighted by atomic mass is 9.63. The fraction of sp³-hybridized carbons (Fsp3) is 0.320. The molecule has 2 aromatic rings. The number of nitrogens with one attached hydrogen (secondary N) is 1. The van der Waals surface area contributed by atoms with E-state index in [-0.39, 0.29) is 41.4 Å². The lowest BCUT2D eigenvalue weighted by Crippen LogP contribution is -2.40. The molecule has 5 aliphatic rings. The Morgan fingerprint density at radius 1 is 0.867 bits per heavy atom. The van der Waals surface area contributed by atoms with Gasteiger partial charge in [-0.15, -0.1) is 0 Å². The first kappa shape index (κ1) is 17.6. The van der Waals surface area contributed by atoms with Crippen LogP contribution in [0.3, 0.4) is 0 Å². The van der Waals surface area contributed by atoms with Gasteiger partial charge >= 0.3 is 0 Å². The minimum absolute atomic E-state index is 0.0773. The molecule has 2 aromatic carbocycles. The monoisotopic (exact) mass is 398 g/mol. The van der Waals surface area contributed by atoms with E-state index >= 15 is 0 Å². The molecular formula is C25H22N2O3. The van der Waals surface area contributed by atoms with Crippen molar-refractivity contribution in [3.8, 4) is 0 Å². The molecule has 6 atom stereocenters. The summed E-state index contributed by atoms with van der Waals surface area (Å²) in [6, 6.07) is 14.3. The van der Waals surface area contributed by atoms with Crippen LogP contribution in [0.5, 0.6) is 0 Å². The molecule has 7 rings (SSSR count). The number of imide groups is 1. The Labute approximate surface area is 174 Å². The molecule has 30 heavy (non-hydrogen) atoms. The van der Waals surface area contributed by atoms with Gasteiger partial charge in [-0.1, -0.05) is 29.8 Å². The number of allylic oxidation sites excluding steroid dienone is 2. The Morgan fingerprint density at radius 2 is 1.43 bits per heavy atom. The summed E-state index contributed by atoms with van der Waals surface area (Å²) in [5.74, 6) is 0.814. The number of nitrogens with zero attached hydrogens (tertiary/aromatic N) is 1. The van der Waals surface area contributed by atoms with E-state index in [1.165, 1.54) is 4.90 Å². The van der Waals surface area contributed by atoms with Gasteiger partial charge in [0.2, 0.25) is 11.8 Å². The Hall–Kier alpha value is -3.21. The summed E-state index contributed by atoms with van der Waals surface area (Å²) in [6.07, 6.45) is 5.50. The number of aryl methyl sites for hydroxylation is 1. The van der Waals surface area contributed by atoms with Crippen molar-refractivity contribution in [2.75, 3.05) is 10.2 Å². The highest BCUT2D eigenvalue weighted by Gasteiger charge is 2.67. The molecule has 3 amide bonds. The van der Waals surface area contributed by atoms with Crippen molar-refractivity contribution in [3.63, 3.8) is 0 Å². The number of carbonyl (C=O) groups is 3. The maximum atomic E-state index is 13.2. The molecule has 1 saturated heterocycles. The molecule has 5 nitrogen and oxygen atoms in total. The fourth-order valence-electron chi connectivity index (χ4n) is 5.81. The van der Waals surface area contributed by atoms with Crippen molar-refractivity contribution < 1.29 is 14.4 Å². The second-order valence-electron chi connectivity index (χ2n) is 9.03. The quantitative estimate of drug-likeness (QED) is 0.632. The Balaban J connectivity index is 1.23. The Kier molecular flexibility index (Phi) is 3.61. The van der Waals surface area contributed by atoms with Crippen molar-refractivity contribution in [2.24, 2.45) is 35.5 Å². The molecule has 0 spiro atoms.